The molecule has 0 atom stereocenters. The lowest BCUT2D eigenvalue weighted by Crippen LogP contribution is -2.34. The zero-order valence-electron chi connectivity index (χ0n) is 13.0. The molecule has 0 unspecified atom stereocenters. The second kappa shape index (κ2) is 6.83. The van der Waals surface area contributed by atoms with Crippen molar-refractivity contribution in [3.8, 4) is 5.69 Å². The highest BCUT2D eigenvalue weighted by atomic mass is 16.2. The number of nitrogens with zero attached hydrogens (tertiary/aromatic N) is 2. The van der Waals surface area contributed by atoms with Crippen molar-refractivity contribution in [3.05, 3.63) is 79.1 Å². The van der Waals surface area contributed by atoms with Gasteiger partial charge in [-0.25, -0.2) is 4.79 Å². The number of benzene rings is 2. The van der Waals surface area contributed by atoms with Gasteiger partial charge in [-0.05, 0) is 55.5 Å². The highest BCUT2D eigenvalue weighted by molar-refractivity contribution is 6.01. The number of para-hydroxylation sites is 1. The molecule has 23 heavy (non-hydrogen) atoms. The lowest BCUT2D eigenvalue weighted by molar-refractivity contribution is 0.257. The minimum atomic E-state index is -0.132. The lowest BCUT2D eigenvalue weighted by atomic mass is 10.2. The third-order valence-corrected chi connectivity index (χ3v) is 3.65. The van der Waals surface area contributed by atoms with Crippen molar-refractivity contribution in [1.82, 2.24) is 4.57 Å². The molecule has 0 bridgehead atoms. The highest BCUT2D eigenvalue weighted by Gasteiger charge is 2.13. The molecule has 3 rings (SSSR count). The van der Waals surface area contributed by atoms with Crippen LogP contribution in [0.4, 0.5) is 16.2 Å². The normalized spacial score (nSPS) is 10.3. The van der Waals surface area contributed by atoms with Gasteiger partial charge in [0.15, 0.2) is 0 Å². The first-order valence-corrected chi connectivity index (χ1v) is 7.65. The SMILES string of the molecule is CCN(C(=O)Nc1ccc(-n2cccc2)cc1)c1ccccc1. The summed E-state index contributed by atoms with van der Waals surface area (Å²) in [5.74, 6) is 0. The van der Waals surface area contributed by atoms with Crippen LogP contribution < -0.4 is 10.2 Å². The maximum atomic E-state index is 12.5. The Morgan fingerprint density at radius 1 is 0.957 bits per heavy atom. The summed E-state index contributed by atoms with van der Waals surface area (Å²) in [7, 11) is 0. The molecule has 2 aromatic carbocycles. The number of carbonyl (C=O) groups excluding carboxylic acids is 1. The summed E-state index contributed by atoms with van der Waals surface area (Å²) in [4.78, 5) is 14.2. The molecule has 0 saturated carbocycles. The molecule has 2 amide bonds. The molecule has 1 heterocycles. The number of anilines is 2. The van der Waals surface area contributed by atoms with Gasteiger partial charge < -0.3 is 9.88 Å². The smallest absolute Gasteiger partial charge is 0.324 e. The van der Waals surface area contributed by atoms with Gasteiger partial charge in [-0.3, -0.25) is 4.90 Å². The van der Waals surface area contributed by atoms with E-state index in [-0.39, 0.29) is 6.03 Å². The maximum Gasteiger partial charge on any atom is 0.326 e. The minimum absolute atomic E-state index is 0.132. The summed E-state index contributed by atoms with van der Waals surface area (Å²) in [5.41, 5.74) is 2.72. The molecule has 0 fully saturated rings. The van der Waals surface area contributed by atoms with Gasteiger partial charge in [-0.2, -0.15) is 0 Å². The van der Waals surface area contributed by atoms with E-state index in [4.69, 9.17) is 0 Å². The minimum Gasteiger partial charge on any atom is -0.324 e. The van der Waals surface area contributed by atoms with Crippen molar-refractivity contribution in [3.63, 3.8) is 0 Å². The van der Waals surface area contributed by atoms with E-state index in [2.05, 4.69) is 5.32 Å². The summed E-state index contributed by atoms with van der Waals surface area (Å²) in [6.07, 6.45) is 3.98. The summed E-state index contributed by atoms with van der Waals surface area (Å²) < 4.78 is 2.02. The molecular formula is C19H19N3O. The van der Waals surface area contributed by atoms with Crippen LogP contribution in [-0.2, 0) is 0 Å². The Hall–Kier alpha value is -3.01. The van der Waals surface area contributed by atoms with Gasteiger partial charge >= 0.3 is 6.03 Å². The van der Waals surface area contributed by atoms with E-state index in [1.807, 2.05) is 90.6 Å². The van der Waals surface area contributed by atoms with Crippen LogP contribution >= 0.6 is 0 Å². The molecule has 4 heteroatoms. The number of carbonyl (C=O) groups is 1. The summed E-state index contributed by atoms with van der Waals surface area (Å²) in [6, 6.07) is 21.3. The van der Waals surface area contributed by atoms with Crippen molar-refractivity contribution in [1.29, 1.82) is 0 Å². The maximum absolute atomic E-state index is 12.5. The number of nitrogens with one attached hydrogen (secondary N) is 1. The standard InChI is InChI=1S/C19H19N3O/c1-2-22(18-8-4-3-5-9-18)19(23)20-16-10-12-17(13-11-16)21-14-6-7-15-21/h3-15H,2H2,1H3,(H,20,23). The molecule has 4 nitrogen and oxygen atoms in total. The van der Waals surface area contributed by atoms with Crippen LogP contribution in [0.5, 0.6) is 0 Å². The van der Waals surface area contributed by atoms with E-state index in [0.717, 1.165) is 17.1 Å². The van der Waals surface area contributed by atoms with Gasteiger partial charge in [0.1, 0.15) is 0 Å². The van der Waals surface area contributed by atoms with E-state index >= 15 is 0 Å². The van der Waals surface area contributed by atoms with Gasteiger partial charge in [0.25, 0.3) is 0 Å². The molecule has 1 aromatic heterocycles. The number of aromatic nitrogens is 1. The quantitative estimate of drug-likeness (QED) is 0.755. The number of hydrogen-bond donors (Lipinski definition) is 1. The van der Waals surface area contributed by atoms with Crippen molar-refractivity contribution in [2.24, 2.45) is 0 Å². The predicted octanol–water partition coefficient (Wildman–Crippen LogP) is 4.54. The van der Waals surface area contributed by atoms with Crippen LogP contribution in [-0.4, -0.2) is 17.1 Å². The largest absolute Gasteiger partial charge is 0.326 e. The fourth-order valence-corrected chi connectivity index (χ4v) is 2.47. The first-order chi connectivity index (χ1) is 11.3. The van der Waals surface area contributed by atoms with Crippen molar-refractivity contribution >= 4 is 17.4 Å². The third kappa shape index (κ3) is 3.43. The Balaban J connectivity index is 1.72. The van der Waals surface area contributed by atoms with Crippen LogP contribution in [0, 0.1) is 0 Å². The summed E-state index contributed by atoms with van der Waals surface area (Å²) >= 11 is 0. The topological polar surface area (TPSA) is 37.3 Å². The van der Waals surface area contributed by atoms with Crippen molar-refractivity contribution < 1.29 is 4.79 Å². The van der Waals surface area contributed by atoms with E-state index in [1.54, 1.807) is 4.90 Å². The summed E-state index contributed by atoms with van der Waals surface area (Å²) in [6.45, 7) is 2.57. The first kappa shape index (κ1) is 14.9. The number of hydrogen-bond acceptors (Lipinski definition) is 1. The Bertz CT molecular complexity index is 749. The fourth-order valence-electron chi connectivity index (χ4n) is 2.47. The number of amides is 2. The van der Waals surface area contributed by atoms with Crippen LogP contribution in [0.15, 0.2) is 79.1 Å². The fraction of sp³-hybridized carbons (Fsp3) is 0.105. The molecule has 0 aliphatic rings. The van der Waals surface area contributed by atoms with E-state index in [1.165, 1.54) is 0 Å². The second-order valence-corrected chi connectivity index (χ2v) is 5.15. The molecule has 0 saturated heterocycles. The average molecular weight is 305 g/mol. The second-order valence-electron chi connectivity index (χ2n) is 5.15. The van der Waals surface area contributed by atoms with Crippen LogP contribution in [0.25, 0.3) is 5.69 Å². The first-order valence-electron chi connectivity index (χ1n) is 7.65. The van der Waals surface area contributed by atoms with Gasteiger partial charge in [0.2, 0.25) is 0 Å². The Morgan fingerprint density at radius 3 is 2.22 bits per heavy atom. The average Bonchev–Trinajstić information content (AvgIpc) is 3.12. The monoisotopic (exact) mass is 305 g/mol. The zero-order valence-corrected chi connectivity index (χ0v) is 13.0. The molecule has 0 aliphatic carbocycles. The van der Waals surface area contributed by atoms with E-state index in [0.29, 0.717) is 6.54 Å². The van der Waals surface area contributed by atoms with Gasteiger partial charge in [0.05, 0.1) is 0 Å². The highest BCUT2D eigenvalue weighted by Crippen LogP contribution is 2.17. The van der Waals surface area contributed by atoms with E-state index < -0.39 is 0 Å². The number of rotatable bonds is 4. The lowest BCUT2D eigenvalue weighted by Gasteiger charge is -2.21. The Morgan fingerprint density at radius 2 is 1.61 bits per heavy atom. The van der Waals surface area contributed by atoms with Gasteiger partial charge in [-0.1, -0.05) is 18.2 Å². The van der Waals surface area contributed by atoms with Gasteiger partial charge in [-0.15, -0.1) is 0 Å². The van der Waals surface area contributed by atoms with Crippen LogP contribution in [0.3, 0.4) is 0 Å². The summed E-state index contributed by atoms with van der Waals surface area (Å²) in [5, 5.41) is 2.94. The molecule has 1 N–H and O–H groups in total. The number of urea groups is 1. The van der Waals surface area contributed by atoms with Crippen LogP contribution in [0.1, 0.15) is 6.92 Å². The van der Waals surface area contributed by atoms with E-state index in [9.17, 15) is 4.79 Å². The molecular weight excluding hydrogens is 286 g/mol. The molecule has 116 valence electrons. The molecule has 0 spiro atoms. The Labute approximate surface area is 136 Å². The molecule has 0 radical (unpaired) electrons. The van der Waals surface area contributed by atoms with Crippen molar-refractivity contribution in [2.45, 2.75) is 6.92 Å². The molecule has 0 aliphatic heterocycles. The predicted molar refractivity (Wildman–Crippen MR) is 94.2 cm³/mol. The third-order valence-electron chi connectivity index (χ3n) is 3.65. The van der Waals surface area contributed by atoms with Gasteiger partial charge in [0, 0.05) is 36.0 Å². The Kier molecular flexibility index (Phi) is 4.43. The van der Waals surface area contributed by atoms with Crippen LogP contribution in [0.2, 0.25) is 0 Å². The molecule has 3 aromatic rings. The zero-order chi connectivity index (χ0) is 16.1. The van der Waals surface area contributed by atoms with Crippen molar-refractivity contribution in [2.75, 3.05) is 16.8 Å².